The van der Waals surface area contributed by atoms with E-state index < -0.39 is 0 Å². The first kappa shape index (κ1) is 23.0. The molecule has 2 heterocycles. The van der Waals surface area contributed by atoms with Crippen LogP contribution in [0.4, 0.5) is 10.5 Å². The van der Waals surface area contributed by atoms with E-state index in [0.29, 0.717) is 29.5 Å². The summed E-state index contributed by atoms with van der Waals surface area (Å²) in [5.74, 6) is -0.0225. The summed E-state index contributed by atoms with van der Waals surface area (Å²) in [5.41, 5.74) is 2.99. The van der Waals surface area contributed by atoms with E-state index in [2.05, 4.69) is 16.9 Å². The fourth-order valence-corrected chi connectivity index (χ4v) is 4.87. The number of hydrogen-bond acceptors (Lipinski definition) is 5. The number of halogens is 1. The molecule has 0 unspecified atom stereocenters. The van der Waals surface area contributed by atoms with Crippen LogP contribution in [0.3, 0.4) is 0 Å². The topological polar surface area (TPSA) is 71.5 Å². The summed E-state index contributed by atoms with van der Waals surface area (Å²) in [6.07, 6.45) is 2.82. The third-order valence-corrected chi connectivity index (χ3v) is 6.77. The largest absolute Gasteiger partial charge is 0.445 e. The van der Waals surface area contributed by atoms with Gasteiger partial charge >= 0.3 is 6.09 Å². The molecule has 33 heavy (non-hydrogen) atoms. The van der Waals surface area contributed by atoms with Gasteiger partial charge in [0.05, 0.1) is 5.01 Å². The van der Waals surface area contributed by atoms with E-state index in [1.165, 1.54) is 11.3 Å². The van der Waals surface area contributed by atoms with Crippen LogP contribution in [-0.2, 0) is 4.74 Å². The van der Waals surface area contributed by atoms with E-state index in [9.17, 15) is 9.59 Å². The molecule has 2 amide bonds. The number of hydrogen-bond donors (Lipinski definition) is 1. The number of aromatic nitrogens is 1. The van der Waals surface area contributed by atoms with Gasteiger partial charge in [-0.25, -0.2) is 9.78 Å². The summed E-state index contributed by atoms with van der Waals surface area (Å²) in [7, 11) is 0. The zero-order chi connectivity index (χ0) is 23.2. The molecule has 1 aromatic heterocycles. The second-order valence-corrected chi connectivity index (χ2v) is 9.03. The van der Waals surface area contributed by atoms with Gasteiger partial charge in [0.2, 0.25) is 0 Å². The molecule has 6 nitrogen and oxygen atoms in total. The lowest BCUT2D eigenvalue weighted by atomic mass is 9.98. The molecule has 1 N–H and O–H groups in total. The second kappa shape index (κ2) is 10.6. The van der Waals surface area contributed by atoms with Gasteiger partial charge in [-0.15, -0.1) is 11.3 Å². The molecule has 0 bridgehead atoms. The molecular formula is C25H24ClN3O3S. The molecule has 0 aliphatic carbocycles. The number of carbonyl (C=O) groups excluding carboxylic acids is 2. The highest BCUT2D eigenvalue weighted by atomic mass is 35.5. The molecule has 1 aliphatic heterocycles. The molecule has 0 atom stereocenters. The summed E-state index contributed by atoms with van der Waals surface area (Å²) in [6.45, 7) is 4.98. The van der Waals surface area contributed by atoms with E-state index in [-0.39, 0.29) is 24.5 Å². The van der Waals surface area contributed by atoms with Crippen LogP contribution in [-0.4, -0.2) is 41.6 Å². The first-order valence-corrected chi connectivity index (χ1v) is 11.9. The van der Waals surface area contributed by atoms with E-state index in [1.807, 2.05) is 48.5 Å². The Balaban J connectivity index is 1.40. The Labute approximate surface area is 201 Å². The summed E-state index contributed by atoms with van der Waals surface area (Å²) in [4.78, 5) is 31.2. The standard InChI is InChI=1S/C25H24ClN3O3S/c1-2-15-32-25(31)29-13-11-18(12-14-29)24-28-22(16-33-24)23(30)27-21-6-4-3-5-20(21)17-7-9-19(26)10-8-17/h2-10,16,18H,1,11-15H2,(H,27,30). The molecule has 0 saturated carbocycles. The van der Waals surface area contributed by atoms with Crippen LogP contribution in [0.15, 0.2) is 66.6 Å². The van der Waals surface area contributed by atoms with E-state index >= 15 is 0 Å². The Morgan fingerprint density at radius 1 is 1.18 bits per heavy atom. The maximum absolute atomic E-state index is 12.9. The molecule has 2 aromatic carbocycles. The van der Waals surface area contributed by atoms with Gasteiger partial charge < -0.3 is 15.0 Å². The maximum Gasteiger partial charge on any atom is 0.410 e. The quantitative estimate of drug-likeness (QED) is 0.424. The van der Waals surface area contributed by atoms with Gasteiger partial charge in [0.1, 0.15) is 12.3 Å². The van der Waals surface area contributed by atoms with Gasteiger partial charge in [0.15, 0.2) is 0 Å². The normalized spacial score (nSPS) is 14.0. The summed E-state index contributed by atoms with van der Waals surface area (Å²) in [5, 5.41) is 6.37. The number of piperidine rings is 1. The highest BCUT2D eigenvalue weighted by molar-refractivity contribution is 7.10. The fourth-order valence-electron chi connectivity index (χ4n) is 3.77. The average Bonchev–Trinajstić information content (AvgIpc) is 3.34. The van der Waals surface area contributed by atoms with Gasteiger partial charge in [-0.3, -0.25) is 4.79 Å². The van der Waals surface area contributed by atoms with Crippen LogP contribution in [0, 0.1) is 0 Å². The van der Waals surface area contributed by atoms with Crippen molar-refractivity contribution in [1.29, 1.82) is 0 Å². The van der Waals surface area contributed by atoms with E-state index in [4.69, 9.17) is 16.3 Å². The molecule has 4 rings (SSSR count). The van der Waals surface area contributed by atoms with Crippen molar-refractivity contribution in [3.05, 3.63) is 82.3 Å². The van der Waals surface area contributed by atoms with Crippen molar-refractivity contribution in [2.24, 2.45) is 0 Å². The molecule has 8 heteroatoms. The number of ether oxygens (including phenoxy) is 1. The van der Waals surface area contributed by atoms with Gasteiger partial charge in [-0.1, -0.05) is 54.6 Å². The number of nitrogens with one attached hydrogen (secondary N) is 1. The highest BCUT2D eigenvalue weighted by Crippen LogP contribution is 2.32. The lowest BCUT2D eigenvalue weighted by Crippen LogP contribution is -2.38. The lowest BCUT2D eigenvalue weighted by molar-refractivity contribution is 0.102. The third-order valence-electron chi connectivity index (χ3n) is 5.51. The van der Waals surface area contributed by atoms with Crippen LogP contribution in [0.25, 0.3) is 11.1 Å². The minimum Gasteiger partial charge on any atom is -0.445 e. The van der Waals surface area contributed by atoms with Crippen LogP contribution in [0.5, 0.6) is 0 Å². The van der Waals surface area contributed by atoms with Crippen molar-refractivity contribution in [2.45, 2.75) is 18.8 Å². The molecule has 170 valence electrons. The minimum atomic E-state index is -0.313. The van der Waals surface area contributed by atoms with Crippen LogP contribution >= 0.6 is 22.9 Å². The maximum atomic E-state index is 12.9. The summed E-state index contributed by atoms with van der Waals surface area (Å²) < 4.78 is 5.11. The minimum absolute atomic E-state index is 0.213. The highest BCUT2D eigenvalue weighted by Gasteiger charge is 2.27. The Morgan fingerprint density at radius 2 is 1.91 bits per heavy atom. The number of carbonyl (C=O) groups is 2. The van der Waals surface area contributed by atoms with Crippen LogP contribution in [0.2, 0.25) is 5.02 Å². The Hall–Kier alpha value is -3.16. The van der Waals surface area contributed by atoms with Crippen LogP contribution < -0.4 is 5.32 Å². The van der Waals surface area contributed by atoms with Gasteiger partial charge in [-0.2, -0.15) is 0 Å². The summed E-state index contributed by atoms with van der Waals surface area (Å²) in [6, 6.07) is 15.1. The van der Waals surface area contributed by atoms with Crippen molar-refractivity contribution in [2.75, 3.05) is 25.0 Å². The monoisotopic (exact) mass is 481 g/mol. The number of thiazole rings is 1. The molecule has 0 spiro atoms. The summed E-state index contributed by atoms with van der Waals surface area (Å²) >= 11 is 7.49. The fraction of sp³-hybridized carbons (Fsp3) is 0.240. The van der Waals surface area contributed by atoms with Gasteiger partial charge in [0.25, 0.3) is 5.91 Å². The SMILES string of the molecule is C=CCOC(=O)N1CCC(c2nc(C(=O)Nc3ccccc3-c3ccc(Cl)cc3)cs2)CC1. The van der Waals surface area contributed by atoms with Crippen molar-refractivity contribution in [1.82, 2.24) is 9.88 Å². The Bertz CT molecular complexity index is 1140. The number of para-hydroxylation sites is 1. The van der Waals surface area contributed by atoms with Crippen LogP contribution in [0.1, 0.15) is 34.3 Å². The smallest absolute Gasteiger partial charge is 0.410 e. The number of anilines is 1. The molecule has 3 aromatic rings. The van der Waals surface area contributed by atoms with Gasteiger partial charge in [-0.05, 0) is 36.6 Å². The zero-order valence-corrected chi connectivity index (χ0v) is 19.6. The van der Waals surface area contributed by atoms with Crippen molar-refractivity contribution < 1.29 is 14.3 Å². The second-order valence-electron chi connectivity index (χ2n) is 7.70. The number of nitrogens with zero attached hydrogens (tertiary/aromatic N) is 2. The number of likely N-dealkylation sites (tertiary alicyclic amines) is 1. The number of amides is 2. The van der Waals surface area contributed by atoms with E-state index in [1.54, 1.807) is 16.4 Å². The van der Waals surface area contributed by atoms with Crippen molar-refractivity contribution >= 4 is 40.6 Å². The first-order chi connectivity index (χ1) is 16.0. The Kier molecular flexibility index (Phi) is 7.42. The predicted molar refractivity (Wildman–Crippen MR) is 132 cm³/mol. The first-order valence-electron chi connectivity index (χ1n) is 10.7. The third kappa shape index (κ3) is 5.61. The number of benzene rings is 2. The molecule has 0 radical (unpaired) electrons. The predicted octanol–water partition coefficient (Wildman–Crippen LogP) is 6.22. The van der Waals surface area contributed by atoms with Gasteiger partial charge in [0, 0.05) is 40.7 Å². The average molecular weight is 482 g/mol. The molecule has 1 aliphatic rings. The van der Waals surface area contributed by atoms with Crippen molar-refractivity contribution in [3.8, 4) is 11.1 Å². The van der Waals surface area contributed by atoms with Crippen molar-refractivity contribution in [3.63, 3.8) is 0 Å². The lowest BCUT2D eigenvalue weighted by Gasteiger charge is -2.30. The molecular weight excluding hydrogens is 458 g/mol. The zero-order valence-electron chi connectivity index (χ0n) is 18.0. The molecule has 1 saturated heterocycles. The van der Waals surface area contributed by atoms with E-state index in [0.717, 1.165) is 29.0 Å². The Morgan fingerprint density at radius 3 is 2.64 bits per heavy atom. The molecule has 1 fully saturated rings. The number of rotatable bonds is 6.